The van der Waals surface area contributed by atoms with Crippen molar-refractivity contribution in [3.05, 3.63) is 64.7 Å². The number of rotatable bonds is 1. The summed E-state index contributed by atoms with van der Waals surface area (Å²) >= 11 is 6.01. The summed E-state index contributed by atoms with van der Waals surface area (Å²) < 4.78 is 0. The van der Waals surface area contributed by atoms with Crippen LogP contribution < -0.4 is 5.32 Å². The lowest BCUT2D eigenvalue weighted by Crippen LogP contribution is -2.19. The monoisotopic (exact) mass is 271 g/mol. The van der Waals surface area contributed by atoms with Gasteiger partial charge in [-0.1, -0.05) is 41.9 Å². The van der Waals surface area contributed by atoms with Gasteiger partial charge < -0.3 is 5.32 Å². The minimum atomic E-state index is -0.133. The van der Waals surface area contributed by atoms with Gasteiger partial charge in [0.25, 0.3) is 0 Å². The third kappa shape index (κ3) is 2.49. The second-order valence-corrected chi connectivity index (χ2v) is 5.23. The Bertz CT molecular complexity index is 624. The van der Waals surface area contributed by atoms with Gasteiger partial charge in [0.1, 0.15) is 0 Å². The number of para-hydroxylation sites is 1. The van der Waals surface area contributed by atoms with E-state index in [0.717, 1.165) is 24.1 Å². The summed E-state index contributed by atoms with van der Waals surface area (Å²) in [7, 11) is 0. The van der Waals surface area contributed by atoms with Crippen LogP contribution in [0, 0.1) is 0 Å². The molecule has 3 heteroatoms. The number of benzene rings is 2. The molecule has 1 heterocycles. The van der Waals surface area contributed by atoms with Crippen LogP contribution in [0.3, 0.4) is 0 Å². The fourth-order valence-electron chi connectivity index (χ4n) is 2.55. The van der Waals surface area contributed by atoms with Gasteiger partial charge in [-0.2, -0.15) is 0 Å². The first-order chi connectivity index (χ1) is 9.24. The van der Waals surface area contributed by atoms with Crippen molar-refractivity contribution in [2.24, 2.45) is 0 Å². The molecule has 2 nitrogen and oxygen atoms in total. The summed E-state index contributed by atoms with van der Waals surface area (Å²) in [4.78, 5) is 12.3. The van der Waals surface area contributed by atoms with E-state index in [4.69, 9.17) is 11.6 Å². The molecule has 0 saturated heterocycles. The zero-order valence-corrected chi connectivity index (χ0v) is 11.2. The number of amides is 1. The van der Waals surface area contributed by atoms with Crippen LogP contribution >= 0.6 is 11.6 Å². The Morgan fingerprint density at radius 3 is 2.79 bits per heavy atom. The maximum atomic E-state index is 12.3. The van der Waals surface area contributed by atoms with E-state index >= 15 is 0 Å². The number of hydrogen-bond acceptors (Lipinski definition) is 1. The largest absolute Gasteiger partial charge is 0.325 e. The minimum absolute atomic E-state index is 0.0483. The van der Waals surface area contributed by atoms with Crippen LogP contribution in [-0.4, -0.2) is 5.91 Å². The topological polar surface area (TPSA) is 29.1 Å². The normalized spacial score (nSPS) is 18.4. The quantitative estimate of drug-likeness (QED) is 0.834. The summed E-state index contributed by atoms with van der Waals surface area (Å²) in [6, 6.07) is 15.5. The SMILES string of the molecule is O=C1Nc2ccccc2CC[C@@H]1c1cccc(Cl)c1. The molecule has 3 rings (SSSR count). The number of nitrogens with one attached hydrogen (secondary N) is 1. The van der Waals surface area contributed by atoms with Gasteiger partial charge in [0.2, 0.25) is 5.91 Å². The molecule has 19 heavy (non-hydrogen) atoms. The second kappa shape index (κ2) is 5.06. The van der Waals surface area contributed by atoms with Crippen molar-refractivity contribution in [1.29, 1.82) is 0 Å². The van der Waals surface area contributed by atoms with Gasteiger partial charge in [-0.05, 0) is 42.2 Å². The summed E-state index contributed by atoms with van der Waals surface area (Å²) in [5, 5.41) is 3.68. The van der Waals surface area contributed by atoms with E-state index in [2.05, 4.69) is 11.4 Å². The molecule has 0 aromatic heterocycles. The van der Waals surface area contributed by atoms with Crippen LogP contribution in [0.5, 0.6) is 0 Å². The molecule has 2 aromatic carbocycles. The zero-order valence-electron chi connectivity index (χ0n) is 10.4. The van der Waals surface area contributed by atoms with E-state index in [9.17, 15) is 4.79 Å². The zero-order chi connectivity index (χ0) is 13.2. The fourth-order valence-corrected chi connectivity index (χ4v) is 2.75. The lowest BCUT2D eigenvalue weighted by molar-refractivity contribution is -0.117. The van der Waals surface area contributed by atoms with Crippen LogP contribution in [0.15, 0.2) is 48.5 Å². The lowest BCUT2D eigenvalue weighted by Gasteiger charge is -2.13. The molecule has 96 valence electrons. The van der Waals surface area contributed by atoms with Crippen LogP contribution in [-0.2, 0) is 11.2 Å². The molecule has 1 atom stereocenters. The number of halogens is 1. The first kappa shape index (κ1) is 12.2. The molecule has 0 unspecified atom stereocenters. The standard InChI is InChI=1S/C16H14ClNO/c17-13-6-3-5-12(10-13)14-9-8-11-4-1-2-7-15(11)18-16(14)19/h1-7,10,14H,8-9H2,(H,18,19)/t14-/m1/s1. The average molecular weight is 272 g/mol. The summed E-state index contributed by atoms with van der Waals surface area (Å²) in [6.45, 7) is 0. The maximum Gasteiger partial charge on any atom is 0.231 e. The van der Waals surface area contributed by atoms with E-state index in [0.29, 0.717) is 5.02 Å². The van der Waals surface area contributed by atoms with Gasteiger partial charge in [-0.25, -0.2) is 0 Å². The molecular formula is C16H14ClNO. The Morgan fingerprint density at radius 2 is 1.95 bits per heavy atom. The van der Waals surface area contributed by atoms with Gasteiger partial charge in [0.05, 0.1) is 5.92 Å². The van der Waals surface area contributed by atoms with Crippen LogP contribution in [0.4, 0.5) is 5.69 Å². The molecule has 0 radical (unpaired) electrons. The van der Waals surface area contributed by atoms with Crippen molar-refractivity contribution >= 4 is 23.2 Å². The molecule has 0 fully saturated rings. The average Bonchev–Trinajstić information content (AvgIpc) is 2.57. The van der Waals surface area contributed by atoms with Crippen LogP contribution in [0.25, 0.3) is 0 Å². The molecule has 2 aromatic rings. The highest BCUT2D eigenvalue weighted by atomic mass is 35.5. The Hall–Kier alpha value is -1.80. The Balaban J connectivity index is 1.93. The highest BCUT2D eigenvalue weighted by Gasteiger charge is 2.24. The Labute approximate surface area is 117 Å². The van der Waals surface area contributed by atoms with Gasteiger partial charge in [0, 0.05) is 10.7 Å². The maximum absolute atomic E-state index is 12.3. The van der Waals surface area contributed by atoms with E-state index in [1.165, 1.54) is 5.56 Å². The molecule has 1 amide bonds. The molecule has 1 aliphatic heterocycles. The van der Waals surface area contributed by atoms with E-state index in [1.807, 2.05) is 42.5 Å². The van der Waals surface area contributed by atoms with Crippen molar-refractivity contribution in [3.63, 3.8) is 0 Å². The van der Waals surface area contributed by atoms with Crippen molar-refractivity contribution in [2.45, 2.75) is 18.8 Å². The number of anilines is 1. The lowest BCUT2D eigenvalue weighted by atomic mass is 9.93. The number of carbonyl (C=O) groups excluding carboxylic acids is 1. The van der Waals surface area contributed by atoms with Crippen LogP contribution in [0.1, 0.15) is 23.5 Å². The molecular weight excluding hydrogens is 258 g/mol. The first-order valence-corrected chi connectivity index (χ1v) is 6.76. The molecule has 0 aliphatic carbocycles. The third-order valence-corrected chi connectivity index (χ3v) is 3.78. The van der Waals surface area contributed by atoms with Gasteiger partial charge in [-0.15, -0.1) is 0 Å². The van der Waals surface area contributed by atoms with E-state index < -0.39 is 0 Å². The highest BCUT2D eigenvalue weighted by Crippen LogP contribution is 2.30. The predicted molar refractivity (Wildman–Crippen MR) is 77.6 cm³/mol. The van der Waals surface area contributed by atoms with Gasteiger partial charge in [-0.3, -0.25) is 4.79 Å². The number of hydrogen-bond donors (Lipinski definition) is 1. The Kier molecular flexibility index (Phi) is 3.26. The van der Waals surface area contributed by atoms with Crippen LogP contribution in [0.2, 0.25) is 5.02 Å². The Morgan fingerprint density at radius 1 is 1.11 bits per heavy atom. The minimum Gasteiger partial charge on any atom is -0.325 e. The first-order valence-electron chi connectivity index (χ1n) is 6.38. The molecule has 0 bridgehead atoms. The summed E-state index contributed by atoms with van der Waals surface area (Å²) in [5.74, 6) is -0.0849. The van der Waals surface area contributed by atoms with Crippen molar-refractivity contribution < 1.29 is 4.79 Å². The highest BCUT2D eigenvalue weighted by molar-refractivity contribution is 6.30. The van der Waals surface area contributed by atoms with Gasteiger partial charge in [0.15, 0.2) is 0 Å². The predicted octanol–water partition coefficient (Wildman–Crippen LogP) is 4.01. The fraction of sp³-hybridized carbons (Fsp3) is 0.188. The summed E-state index contributed by atoms with van der Waals surface area (Å²) in [6.07, 6.45) is 1.70. The molecule has 0 spiro atoms. The number of carbonyl (C=O) groups is 1. The van der Waals surface area contributed by atoms with Crippen molar-refractivity contribution in [3.8, 4) is 0 Å². The third-order valence-electron chi connectivity index (χ3n) is 3.55. The molecule has 1 N–H and O–H groups in total. The van der Waals surface area contributed by atoms with E-state index in [1.54, 1.807) is 0 Å². The number of aryl methyl sites for hydroxylation is 1. The smallest absolute Gasteiger partial charge is 0.231 e. The number of fused-ring (bicyclic) bond motifs is 1. The van der Waals surface area contributed by atoms with Crippen molar-refractivity contribution in [2.75, 3.05) is 5.32 Å². The molecule has 0 saturated carbocycles. The molecule has 1 aliphatic rings. The van der Waals surface area contributed by atoms with Crippen molar-refractivity contribution in [1.82, 2.24) is 0 Å². The summed E-state index contributed by atoms with van der Waals surface area (Å²) in [5.41, 5.74) is 3.11. The second-order valence-electron chi connectivity index (χ2n) is 4.79. The van der Waals surface area contributed by atoms with E-state index in [-0.39, 0.29) is 11.8 Å². The van der Waals surface area contributed by atoms with Gasteiger partial charge >= 0.3 is 0 Å².